The van der Waals surface area contributed by atoms with Gasteiger partial charge < -0.3 is 0 Å². The molecule has 0 aromatic rings. The van der Waals surface area contributed by atoms with Crippen LogP contribution in [0.1, 0.15) is 0 Å². The third kappa shape index (κ3) is 707. The Morgan fingerprint density at radius 2 is 0.0154 bits per heavy atom. The van der Waals surface area contributed by atoms with Crippen LogP contribution in [-0.2, 0) is 1210 Å². The van der Waals surface area contributed by atoms with Crippen molar-refractivity contribution in [3.8, 4) is 0 Å². The van der Waals surface area contributed by atoms with Crippen LogP contribution < -0.4 is 0 Å². The van der Waals surface area contributed by atoms with Gasteiger partial charge in [-0.3, -0.25) is 0 Å². The summed E-state index contributed by atoms with van der Waals surface area (Å²) < 4.78 is 0. The Bertz CT molecular complexity index is 0. The van der Waals surface area contributed by atoms with Gasteiger partial charge in [0, 0.05) is 1210 Å². The molecule has 0 nitrogen and oxygen atoms in total. The summed E-state index contributed by atoms with van der Waals surface area (Å²) in [5.74, 6) is 0. The molecule has 0 heterocycles. The first kappa shape index (κ1) is 742. The van der Waals surface area contributed by atoms with E-state index in [1.165, 1.54) is 0 Å². The molecule has 325 valence electrons. The first-order valence-electron chi connectivity index (χ1n) is 0. The predicted octanol–water partition coefficient (Wildman–Crippen LogP) is -0.163. The van der Waals surface area contributed by atoms with Gasteiger partial charge in [0.05, 0.1) is 0 Å². The van der Waals surface area contributed by atoms with Gasteiger partial charge in [-0.2, -0.15) is 0 Å². The maximum atomic E-state index is 0. The fraction of sp³-hybridized carbons (Fsp3) is 0. The zero-order valence-electron chi connectivity index (χ0n) is 29.1. The second-order valence-corrected chi connectivity index (χ2v) is 0. The maximum absolute atomic E-state index is 0. The minimum absolute atomic E-state index is 0. The van der Waals surface area contributed by atoms with Crippen molar-refractivity contribution >= 4 is 0 Å². The SMILES string of the molecule is [V].[V].[V].[V].[V].[V].[V].[V].[V].[V].[V].[V].[V].[V].[V].[V].[V].[V].[V].[V].[V].[V].[V].[V].[V].[V].[V].[V].[V].[V].[V].[V].[V].[V].[V].[V].[V].[V].[V].[V].[V].[V].[V].[V].[V].[V].[V].[V].[V].[V].[V].[V].[V].[V].[V].[V].[V].[V].[V].[V].[V].[V].[V].[V].[V]. The van der Waals surface area contributed by atoms with Crippen molar-refractivity contribution in [1.82, 2.24) is 0 Å². The maximum Gasteiger partial charge on any atom is 0 e. The van der Waals surface area contributed by atoms with Gasteiger partial charge >= 0.3 is 0 Å². The molecule has 0 fully saturated rings. The number of hydrogen-bond acceptors (Lipinski definition) is 0. The van der Waals surface area contributed by atoms with Crippen molar-refractivity contribution in [3.63, 3.8) is 0 Å². The first-order valence-corrected chi connectivity index (χ1v) is 0. The van der Waals surface area contributed by atoms with Crippen molar-refractivity contribution in [2.45, 2.75) is 0 Å². The van der Waals surface area contributed by atoms with Crippen LogP contribution >= 0.6 is 0 Å². The average Bonchev–Trinajstić information content (AvgIpc) is 0. The molecule has 0 amide bonds. The molecule has 65 heavy (non-hydrogen) atoms. The summed E-state index contributed by atoms with van der Waals surface area (Å²) in [7, 11) is 0. The zero-order chi connectivity index (χ0) is 0. The first-order chi connectivity index (χ1) is 0. The molecule has 0 saturated carbocycles. The molecule has 0 saturated heterocycles. The van der Waals surface area contributed by atoms with Gasteiger partial charge in [0.15, 0.2) is 0 Å². The van der Waals surface area contributed by atoms with E-state index in [1.54, 1.807) is 0 Å². The van der Waals surface area contributed by atoms with E-state index in [2.05, 4.69) is 0 Å². The number of rotatable bonds is 0. The molecule has 65 radical (unpaired) electrons. The molecule has 0 aliphatic carbocycles. The van der Waals surface area contributed by atoms with E-state index >= 15 is 0 Å². The van der Waals surface area contributed by atoms with E-state index in [-0.39, 0.29) is 1210 Å². The quantitative estimate of drug-likeness (QED) is 0.317. The topological polar surface area (TPSA) is 0 Å². The summed E-state index contributed by atoms with van der Waals surface area (Å²) in [6.45, 7) is 0. The van der Waals surface area contributed by atoms with Crippen molar-refractivity contribution in [3.05, 3.63) is 0 Å². The smallest absolute Gasteiger partial charge is 0 e. The molecule has 0 unspecified atom stereocenters. The van der Waals surface area contributed by atoms with E-state index in [0.717, 1.165) is 0 Å². The summed E-state index contributed by atoms with van der Waals surface area (Å²) in [5.41, 5.74) is 0. The third-order valence-corrected chi connectivity index (χ3v) is 0. The van der Waals surface area contributed by atoms with Gasteiger partial charge in [-0.1, -0.05) is 0 Å². The Kier molecular flexibility index (Phi) is 8230. The largest absolute Gasteiger partial charge is 0 e. The van der Waals surface area contributed by atoms with Crippen LogP contribution in [-0.4, -0.2) is 0 Å². The van der Waals surface area contributed by atoms with Crippen LogP contribution in [0.2, 0.25) is 0 Å². The Morgan fingerprint density at radius 3 is 0.0154 bits per heavy atom. The van der Waals surface area contributed by atoms with Crippen molar-refractivity contribution in [2.24, 2.45) is 0 Å². The standard InChI is InChI=1S/65V. The van der Waals surface area contributed by atoms with Gasteiger partial charge in [0.25, 0.3) is 0 Å². The monoisotopic (exact) mass is 3310 g/mol. The Morgan fingerprint density at radius 1 is 0.0154 bits per heavy atom. The number of hydrogen-bond donors (Lipinski definition) is 0. The van der Waals surface area contributed by atoms with Gasteiger partial charge in [-0.15, -0.1) is 0 Å². The summed E-state index contributed by atoms with van der Waals surface area (Å²) in [6, 6.07) is 0. The van der Waals surface area contributed by atoms with Crippen molar-refractivity contribution < 1.29 is 1210 Å². The fourth-order valence-electron chi connectivity index (χ4n) is 0. The third-order valence-electron chi connectivity index (χ3n) is 0. The summed E-state index contributed by atoms with van der Waals surface area (Å²) in [4.78, 5) is 0. The Labute approximate surface area is 1170 Å². The summed E-state index contributed by atoms with van der Waals surface area (Å²) in [5, 5.41) is 0. The van der Waals surface area contributed by atoms with E-state index < -0.39 is 0 Å². The Hall–Kier alpha value is 38.0. The average molecular weight is 3310 g/mol. The van der Waals surface area contributed by atoms with Gasteiger partial charge in [-0.05, 0) is 0 Å². The van der Waals surface area contributed by atoms with Crippen LogP contribution in [0.25, 0.3) is 0 Å². The molecular weight excluding hydrogens is 3310 g/mol. The molecule has 0 N–H and O–H groups in total. The summed E-state index contributed by atoms with van der Waals surface area (Å²) in [6.07, 6.45) is 0. The van der Waals surface area contributed by atoms with Crippen LogP contribution in [0, 0.1) is 0 Å². The molecule has 0 aliphatic heterocycles. The van der Waals surface area contributed by atoms with Gasteiger partial charge in [0.2, 0.25) is 0 Å². The molecule has 0 rings (SSSR count). The normalized spacial score (nSPS) is 0. The van der Waals surface area contributed by atoms with Crippen molar-refractivity contribution in [1.29, 1.82) is 0 Å². The minimum Gasteiger partial charge on any atom is 0 e. The fourth-order valence-corrected chi connectivity index (χ4v) is 0. The van der Waals surface area contributed by atoms with Crippen molar-refractivity contribution in [2.75, 3.05) is 0 Å². The predicted molar refractivity (Wildman–Crippen MR) is 0 cm³/mol. The van der Waals surface area contributed by atoms with E-state index in [9.17, 15) is 0 Å². The molecule has 65 heteroatoms. The molecule has 0 spiro atoms. The van der Waals surface area contributed by atoms with Crippen LogP contribution in [0.15, 0.2) is 0 Å². The molecular formula is V65. The van der Waals surface area contributed by atoms with Gasteiger partial charge in [0.1, 0.15) is 0 Å². The second kappa shape index (κ2) is 721. The van der Waals surface area contributed by atoms with Crippen LogP contribution in [0.3, 0.4) is 0 Å². The molecule has 0 bridgehead atoms. The molecule has 0 aromatic heterocycles. The van der Waals surface area contributed by atoms with E-state index in [1.807, 2.05) is 0 Å². The summed E-state index contributed by atoms with van der Waals surface area (Å²) >= 11 is 0. The minimum atomic E-state index is 0. The molecule has 0 atom stereocenters. The van der Waals surface area contributed by atoms with Gasteiger partial charge in [-0.25, -0.2) is 0 Å². The molecule has 0 aliphatic rings. The molecule has 0 aromatic carbocycles. The Balaban J connectivity index is 0. The van der Waals surface area contributed by atoms with Crippen LogP contribution in [0.5, 0.6) is 0 Å². The van der Waals surface area contributed by atoms with E-state index in [4.69, 9.17) is 0 Å². The van der Waals surface area contributed by atoms with E-state index in [0.29, 0.717) is 0 Å². The second-order valence-electron chi connectivity index (χ2n) is 0. The van der Waals surface area contributed by atoms with Crippen LogP contribution in [0.4, 0.5) is 0 Å². The zero-order valence-corrected chi connectivity index (χ0v) is 120.